The van der Waals surface area contributed by atoms with Crippen molar-refractivity contribution in [3.05, 3.63) is 47.1 Å². The van der Waals surface area contributed by atoms with E-state index < -0.39 is 24.5 Å². The monoisotopic (exact) mass is 349 g/mol. The Balaban J connectivity index is 1.81. The zero-order valence-corrected chi connectivity index (χ0v) is 13.7. The van der Waals surface area contributed by atoms with Crippen LogP contribution in [0.25, 0.3) is 0 Å². The number of hydrogen-bond donors (Lipinski definition) is 3. The lowest BCUT2D eigenvalue weighted by molar-refractivity contribution is -0.0690. The molecule has 3 heterocycles. The average Bonchev–Trinajstić information content (AvgIpc) is 3.20. The molecule has 7 nitrogen and oxygen atoms in total. The molecule has 24 heavy (non-hydrogen) atoms. The highest BCUT2D eigenvalue weighted by molar-refractivity contribution is 7.12. The summed E-state index contributed by atoms with van der Waals surface area (Å²) < 4.78 is 5.54. The molecule has 0 spiro atoms. The Morgan fingerprint density at radius 3 is 2.88 bits per heavy atom. The summed E-state index contributed by atoms with van der Waals surface area (Å²) in [6.45, 7) is 3.48. The van der Waals surface area contributed by atoms with E-state index >= 15 is 0 Å². The number of aliphatic imine (C=N–C) groups is 2. The molecule has 0 bridgehead atoms. The van der Waals surface area contributed by atoms with Gasteiger partial charge in [-0.3, -0.25) is 0 Å². The van der Waals surface area contributed by atoms with Crippen molar-refractivity contribution in [3.63, 3.8) is 0 Å². The van der Waals surface area contributed by atoms with Crippen LogP contribution >= 0.6 is 11.3 Å². The maximum Gasteiger partial charge on any atom is 0.164 e. The van der Waals surface area contributed by atoms with Crippen LogP contribution in [0.1, 0.15) is 11.3 Å². The van der Waals surface area contributed by atoms with Gasteiger partial charge in [0.2, 0.25) is 0 Å². The van der Waals surface area contributed by atoms with Crippen molar-refractivity contribution in [1.29, 1.82) is 0 Å². The largest absolute Gasteiger partial charge is 0.394 e. The molecule has 0 radical (unpaired) electrons. The average molecular weight is 349 g/mol. The molecule has 2 aliphatic heterocycles. The lowest BCUT2D eigenvalue weighted by atomic mass is 10.1. The molecule has 3 N–H and O–H groups in total. The second-order valence-electron chi connectivity index (χ2n) is 5.44. The highest BCUT2D eigenvalue weighted by Gasteiger charge is 2.45. The fourth-order valence-corrected chi connectivity index (χ4v) is 3.33. The van der Waals surface area contributed by atoms with Gasteiger partial charge < -0.3 is 25.0 Å². The number of aliphatic hydroxyl groups is 3. The predicted molar refractivity (Wildman–Crippen MR) is 91.8 cm³/mol. The molecule has 8 heteroatoms. The maximum absolute atomic E-state index is 10.2. The summed E-state index contributed by atoms with van der Waals surface area (Å²) in [7, 11) is 0. The van der Waals surface area contributed by atoms with Crippen LogP contribution < -0.4 is 0 Å². The first-order chi connectivity index (χ1) is 11.6. The van der Waals surface area contributed by atoms with Gasteiger partial charge in [-0.25, -0.2) is 9.98 Å². The van der Waals surface area contributed by atoms with Gasteiger partial charge in [0.05, 0.1) is 12.3 Å². The van der Waals surface area contributed by atoms with Crippen LogP contribution in [0, 0.1) is 0 Å². The van der Waals surface area contributed by atoms with Crippen molar-refractivity contribution in [1.82, 2.24) is 4.90 Å². The minimum atomic E-state index is -1.18. The first-order valence-corrected chi connectivity index (χ1v) is 8.39. The highest BCUT2D eigenvalue weighted by Crippen LogP contribution is 2.27. The van der Waals surface area contributed by atoms with Crippen LogP contribution in [-0.4, -0.2) is 63.4 Å². The second kappa shape index (κ2) is 7.37. The van der Waals surface area contributed by atoms with Crippen LogP contribution in [0.3, 0.4) is 0 Å². The van der Waals surface area contributed by atoms with E-state index in [1.54, 1.807) is 17.5 Å². The van der Waals surface area contributed by atoms with Gasteiger partial charge >= 0.3 is 0 Å². The van der Waals surface area contributed by atoms with Gasteiger partial charge in [-0.1, -0.05) is 18.7 Å². The summed E-state index contributed by atoms with van der Waals surface area (Å²) in [4.78, 5) is 11.1. The SMILES string of the molecule is C=C1/N=C\N=C(\c2cccs2)C/C=C\N1[C@@H]1O[C@H](CO)[C@@H](O)[C@H]1O. The van der Waals surface area contributed by atoms with E-state index in [1.807, 2.05) is 23.6 Å². The summed E-state index contributed by atoms with van der Waals surface area (Å²) in [5, 5.41) is 31.3. The fourth-order valence-electron chi connectivity index (χ4n) is 2.60. The Hall–Kier alpha value is -1.84. The number of nitrogens with zero attached hydrogens (tertiary/aromatic N) is 3. The number of allylic oxidation sites excluding steroid dienone is 1. The Bertz CT molecular complexity index is 671. The third kappa shape index (κ3) is 3.33. The number of ether oxygens (including phenoxy) is 1. The first kappa shape index (κ1) is 17.0. The van der Waals surface area contributed by atoms with Crippen LogP contribution in [0.4, 0.5) is 0 Å². The van der Waals surface area contributed by atoms with Crippen LogP contribution in [-0.2, 0) is 4.74 Å². The van der Waals surface area contributed by atoms with Crippen molar-refractivity contribution < 1.29 is 20.1 Å². The molecule has 0 unspecified atom stereocenters. The van der Waals surface area contributed by atoms with Crippen LogP contribution in [0.2, 0.25) is 0 Å². The quantitative estimate of drug-likeness (QED) is 0.746. The van der Waals surface area contributed by atoms with E-state index in [-0.39, 0.29) is 6.61 Å². The molecule has 2 aliphatic rings. The third-order valence-corrected chi connectivity index (χ3v) is 4.81. The van der Waals surface area contributed by atoms with Gasteiger partial charge in [0.25, 0.3) is 0 Å². The van der Waals surface area contributed by atoms with Gasteiger partial charge in [-0.15, -0.1) is 11.3 Å². The number of thiophene rings is 1. The lowest BCUT2D eigenvalue weighted by Gasteiger charge is -2.28. The summed E-state index contributed by atoms with van der Waals surface area (Å²) in [6.07, 6.45) is 1.49. The summed E-state index contributed by atoms with van der Waals surface area (Å²) in [6, 6.07) is 3.95. The Labute approximate surface area is 143 Å². The van der Waals surface area contributed by atoms with Crippen molar-refractivity contribution in [2.45, 2.75) is 31.0 Å². The number of aliphatic hydroxyl groups excluding tert-OH is 3. The van der Waals surface area contributed by atoms with Gasteiger partial charge in [0.15, 0.2) is 6.23 Å². The normalized spacial score (nSPS) is 35.7. The molecular weight excluding hydrogens is 330 g/mol. The van der Waals surface area contributed by atoms with E-state index in [2.05, 4.69) is 16.6 Å². The van der Waals surface area contributed by atoms with Crippen molar-refractivity contribution in [3.8, 4) is 0 Å². The molecule has 0 saturated carbocycles. The maximum atomic E-state index is 10.2. The van der Waals surface area contributed by atoms with Crippen LogP contribution in [0.5, 0.6) is 0 Å². The van der Waals surface area contributed by atoms with E-state index in [4.69, 9.17) is 4.74 Å². The van der Waals surface area contributed by atoms with Gasteiger partial charge in [-0.05, 0) is 11.4 Å². The molecule has 1 aromatic rings. The van der Waals surface area contributed by atoms with Gasteiger partial charge in [0.1, 0.15) is 30.5 Å². The fraction of sp³-hybridized carbons (Fsp3) is 0.375. The van der Waals surface area contributed by atoms with Crippen molar-refractivity contribution in [2.24, 2.45) is 9.98 Å². The molecule has 3 rings (SSSR count). The zero-order chi connectivity index (χ0) is 17.1. The number of rotatable bonds is 3. The van der Waals surface area contributed by atoms with Gasteiger partial charge in [-0.2, -0.15) is 0 Å². The molecule has 4 atom stereocenters. The molecule has 1 saturated heterocycles. The first-order valence-electron chi connectivity index (χ1n) is 7.51. The highest BCUT2D eigenvalue weighted by atomic mass is 32.1. The smallest absolute Gasteiger partial charge is 0.164 e. The Morgan fingerprint density at radius 1 is 1.38 bits per heavy atom. The number of hydrogen-bond acceptors (Lipinski definition) is 8. The van der Waals surface area contributed by atoms with Crippen LogP contribution in [0.15, 0.2) is 52.2 Å². The molecule has 0 aliphatic carbocycles. The minimum Gasteiger partial charge on any atom is -0.394 e. The lowest BCUT2D eigenvalue weighted by Crippen LogP contribution is -2.40. The minimum absolute atomic E-state index is 0.317. The van der Waals surface area contributed by atoms with Crippen molar-refractivity contribution >= 4 is 23.4 Å². The molecule has 128 valence electrons. The summed E-state index contributed by atoms with van der Waals surface area (Å²) >= 11 is 1.60. The van der Waals surface area contributed by atoms with E-state index in [1.165, 1.54) is 11.2 Å². The zero-order valence-electron chi connectivity index (χ0n) is 12.9. The van der Waals surface area contributed by atoms with E-state index in [0.29, 0.717) is 12.2 Å². The van der Waals surface area contributed by atoms with Crippen molar-refractivity contribution in [2.75, 3.05) is 6.61 Å². The van der Waals surface area contributed by atoms with E-state index in [9.17, 15) is 15.3 Å². The third-order valence-electron chi connectivity index (χ3n) is 3.89. The topological polar surface area (TPSA) is 97.9 Å². The summed E-state index contributed by atoms with van der Waals surface area (Å²) in [5.41, 5.74) is 0.876. The molecule has 0 aromatic carbocycles. The molecule has 1 aromatic heterocycles. The Kier molecular flexibility index (Phi) is 5.22. The summed E-state index contributed by atoms with van der Waals surface area (Å²) in [5.74, 6) is 0.317. The molecular formula is C16H19N3O4S. The predicted octanol–water partition coefficient (Wildman–Crippen LogP) is 0.695. The molecule has 1 fully saturated rings. The van der Waals surface area contributed by atoms with Gasteiger partial charge in [0, 0.05) is 17.5 Å². The standard InChI is InChI=1S/C16H19N3O4S/c1-10-17-9-18-11(13-5-3-7-24-13)4-2-6-19(10)16-15(22)14(21)12(8-20)23-16/h2-3,5-7,9,12,14-16,20-22H,1,4,8H2/b6-2-,17-9-,18-11+/t12-,14-,15-,16-/m1/s1. The second-order valence-corrected chi connectivity index (χ2v) is 6.39. The van der Waals surface area contributed by atoms with E-state index in [0.717, 1.165) is 10.6 Å². The molecule has 0 amide bonds. The Morgan fingerprint density at radius 2 is 2.21 bits per heavy atom.